The number of para-hydroxylation sites is 2. The first-order valence-corrected chi connectivity index (χ1v) is 20.8. The molecule has 2 aromatic carbocycles. The first kappa shape index (κ1) is 40.2. The molecule has 5 rings (SSSR count). The highest BCUT2D eigenvalue weighted by atomic mass is 32.2. The number of amides is 1. The van der Waals surface area contributed by atoms with E-state index in [1.54, 1.807) is 11.9 Å². The van der Waals surface area contributed by atoms with Crippen molar-refractivity contribution in [1.82, 2.24) is 4.90 Å². The van der Waals surface area contributed by atoms with E-state index in [0.29, 0.717) is 19.4 Å². The predicted molar refractivity (Wildman–Crippen MR) is 217 cm³/mol. The molecule has 8 nitrogen and oxygen atoms in total. The third-order valence-electron chi connectivity index (χ3n) is 10.8. The van der Waals surface area contributed by atoms with Crippen LogP contribution in [0.2, 0.25) is 0 Å². The van der Waals surface area contributed by atoms with Gasteiger partial charge in [0, 0.05) is 54.5 Å². The van der Waals surface area contributed by atoms with Crippen molar-refractivity contribution < 1.29 is 27.1 Å². The SMILES string of the molecule is CCCCC[N+]1=C(/C=C/C2=C(N(C)C(=O)OC(C)(C)C)C(=C/C=C3/N(CCCCS(=O)(=O)O)c4ccccc4C3(C)C)/CC2)C(C)(C)c2ccccc21. The first-order chi connectivity index (χ1) is 24.9. The zero-order valence-corrected chi connectivity index (χ0v) is 34.1. The van der Waals surface area contributed by atoms with E-state index >= 15 is 0 Å². The number of rotatable bonds is 13. The van der Waals surface area contributed by atoms with Gasteiger partial charge in [0.15, 0.2) is 5.71 Å². The van der Waals surface area contributed by atoms with E-state index in [4.69, 9.17) is 4.74 Å². The van der Waals surface area contributed by atoms with Crippen molar-refractivity contribution in [2.45, 2.75) is 117 Å². The fourth-order valence-corrected chi connectivity index (χ4v) is 8.66. The molecule has 0 bridgehead atoms. The molecule has 53 heavy (non-hydrogen) atoms. The van der Waals surface area contributed by atoms with Crippen LogP contribution in [0.15, 0.2) is 95.4 Å². The number of likely N-dealkylation sites (N-methyl/N-ethyl adjacent to an activating group) is 1. The summed E-state index contributed by atoms with van der Waals surface area (Å²) >= 11 is 0. The van der Waals surface area contributed by atoms with E-state index in [2.05, 4.69) is 111 Å². The lowest BCUT2D eigenvalue weighted by atomic mass is 9.81. The zero-order chi connectivity index (χ0) is 38.8. The Bertz CT molecular complexity index is 1970. The van der Waals surface area contributed by atoms with Crippen LogP contribution in [0, 0.1) is 0 Å². The van der Waals surface area contributed by atoms with Crippen LogP contribution in [0.3, 0.4) is 0 Å². The molecule has 0 unspecified atom stereocenters. The molecule has 2 aromatic rings. The molecule has 1 amide bonds. The maximum Gasteiger partial charge on any atom is 0.414 e. The molecule has 1 aliphatic carbocycles. The third kappa shape index (κ3) is 8.89. The zero-order valence-electron chi connectivity index (χ0n) is 33.3. The van der Waals surface area contributed by atoms with Crippen molar-refractivity contribution >= 4 is 33.3 Å². The van der Waals surface area contributed by atoms with Crippen molar-refractivity contribution in [3.05, 3.63) is 107 Å². The molecule has 2 aliphatic heterocycles. The Morgan fingerprint density at radius 2 is 1.60 bits per heavy atom. The minimum absolute atomic E-state index is 0.174. The van der Waals surface area contributed by atoms with E-state index in [1.807, 2.05) is 26.8 Å². The van der Waals surface area contributed by atoms with Gasteiger partial charge in [0.25, 0.3) is 10.1 Å². The van der Waals surface area contributed by atoms with Crippen LogP contribution >= 0.6 is 0 Å². The molecule has 286 valence electrons. The largest absolute Gasteiger partial charge is 0.443 e. The van der Waals surface area contributed by atoms with Crippen molar-refractivity contribution in [3.8, 4) is 0 Å². The van der Waals surface area contributed by atoms with Crippen molar-refractivity contribution in [3.63, 3.8) is 0 Å². The topological polar surface area (TPSA) is 90.2 Å². The molecule has 0 saturated carbocycles. The van der Waals surface area contributed by atoms with E-state index in [1.165, 1.54) is 28.9 Å². The van der Waals surface area contributed by atoms with Crippen LogP contribution in [-0.4, -0.2) is 65.7 Å². The summed E-state index contributed by atoms with van der Waals surface area (Å²) < 4.78 is 40.5. The lowest BCUT2D eigenvalue weighted by Crippen LogP contribution is -2.34. The number of nitrogens with zero attached hydrogens (tertiary/aromatic N) is 3. The average Bonchev–Trinajstić information content (AvgIpc) is 3.65. The summed E-state index contributed by atoms with van der Waals surface area (Å²) in [6.07, 6.45) is 14.4. The Balaban J connectivity index is 1.57. The highest BCUT2D eigenvalue weighted by molar-refractivity contribution is 7.85. The van der Waals surface area contributed by atoms with Gasteiger partial charge in [-0.25, -0.2) is 4.79 Å². The van der Waals surface area contributed by atoms with Gasteiger partial charge in [0.2, 0.25) is 5.69 Å². The standard InChI is InChI=1S/C44H59N3O5S/c1-10-11-16-29-46-36-21-14-12-19-34(36)43(5,6)38(46)27-25-32-23-24-33(40(32)45(9)41(48)52-42(2,3)4)26-28-39-44(7,8)35-20-13-15-22-37(35)47(39)30-17-18-31-53(49,50)51/h12-15,19-22,25-28H,10-11,16-18,23-24,29-31H2,1-9H3/p+1. The normalized spacial score (nSPS) is 19.5. The smallest absolute Gasteiger partial charge is 0.414 e. The van der Waals surface area contributed by atoms with Gasteiger partial charge in [-0.3, -0.25) is 9.45 Å². The summed E-state index contributed by atoms with van der Waals surface area (Å²) in [5, 5.41) is 0. The lowest BCUT2D eigenvalue weighted by molar-refractivity contribution is -0.438. The van der Waals surface area contributed by atoms with E-state index in [0.717, 1.165) is 60.5 Å². The molecule has 2 heterocycles. The van der Waals surface area contributed by atoms with Crippen LogP contribution in [0.4, 0.5) is 16.2 Å². The monoisotopic (exact) mass is 742 g/mol. The Hall–Kier alpha value is -3.95. The fourth-order valence-electron chi connectivity index (χ4n) is 8.09. The van der Waals surface area contributed by atoms with Crippen LogP contribution in [-0.2, 0) is 25.7 Å². The lowest BCUT2D eigenvalue weighted by Gasteiger charge is -2.28. The number of allylic oxidation sites excluding steroid dienone is 7. The predicted octanol–water partition coefficient (Wildman–Crippen LogP) is 10.0. The summed E-state index contributed by atoms with van der Waals surface area (Å²) in [5.41, 5.74) is 9.17. The van der Waals surface area contributed by atoms with E-state index in [9.17, 15) is 17.8 Å². The number of ether oxygens (including phenoxy) is 1. The quantitative estimate of drug-likeness (QED) is 0.125. The minimum Gasteiger partial charge on any atom is -0.443 e. The minimum atomic E-state index is -4.02. The van der Waals surface area contributed by atoms with Gasteiger partial charge in [0.05, 0.1) is 16.9 Å². The third-order valence-corrected chi connectivity index (χ3v) is 11.6. The second-order valence-corrected chi connectivity index (χ2v) is 18.2. The number of hydrogen-bond donors (Lipinski definition) is 1. The molecule has 0 aromatic heterocycles. The molecule has 3 aliphatic rings. The maximum atomic E-state index is 13.7. The number of unbranched alkanes of at least 4 members (excludes halogenated alkanes) is 3. The summed E-state index contributed by atoms with van der Waals surface area (Å²) in [6, 6.07) is 17.1. The average molecular weight is 743 g/mol. The van der Waals surface area contributed by atoms with Crippen LogP contribution in [0.25, 0.3) is 0 Å². The van der Waals surface area contributed by atoms with Gasteiger partial charge >= 0.3 is 6.09 Å². The number of carbonyl (C=O) groups is 1. The van der Waals surface area contributed by atoms with Crippen molar-refractivity contribution in [1.29, 1.82) is 0 Å². The van der Waals surface area contributed by atoms with Gasteiger partial charge in [-0.2, -0.15) is 13.0 Å². The van der Waals surface area contributed by atoms with Crippen LogP contribution < -0.4 is 4.90 Å². The molecule has 0 saturated heterocycles. The molecular weight excluding hydrogens is 683 g/mol. The molecule has 9 heteroatoms. The number of fused-ring (bicyclic) bond motifs is 2. The molecule has 0 radical (unpaired) electrons. The van der Waals surface area contributed by atoms with Crippen LogP contribution in [0.5, 0.6) is 0 Å². The second kappa shape index (κ2) is 15.8. The Labute approximate surface area is 318 Å². The number of anilines is 1. The summed E-state index contributed by atoms with van der Waals surface area (Å²) in [5.74, 6) is -0.255. The molecule has 0 atom stereocenters. The van der Waals surface area contributed by atoms with Crippen molar-refractivity contribution in [2.75, 3.05) is 30.8 Å². The molecule has 1 N–H and O–H groups in total. The van der Waals surface area contributed by atoms with Crippen LogP contribution in [0.1, 0.15) is 111 Å². The molecule has 0 spiro atoms. The first-order valence-electron chi connectivity index (χ1n) is 19.2. The van der Waals surface area contributed by atoms with Gasteiger partial charge in [-0.1, -0.05) is 75.7 Å². The fraction of sp³-hybridized carbons (Fsp3) is 0.500. The Morgan fingerprint density at radius 3 is 2.28 bits per heavy atom. The highest BCUT2D eigenvalue weighted by Gasteiger charge is 2.44. The van der Waals surface area contributed by atoms with Gasteiger partial charge in [0.1, 0.15) is 12.1 Å². The molecular formula is C44H60N3O5S+. The Morgan fingerprint density at radius 1 is 0.925 bits per heavy atom. The maximum absolute atomic E-state index is 13.7. The van der Waals surface area contributed by atoms with E-state index < -0.39 is 21.8 Å². The van der Waals surface area contributed by atoms with Gasteiger partial charge < -0.3 is 9.64 Å². The summed E-state index contributed by atoms with van der Waals surface area (Å²) in [6.45, 7) is 18.5. The Kier molecular flexibility index (Phi) is 12.0. The van der Waals surface area contributed by atoms with E-state index in [-0.39, 0.29) is 16.6 Å². The number of hydrogen-bond acceptors (Lipinski definition) is 5. The van der Waals surface area contributed by atoms with Gasteiger partial charge in [-0.15, -0.1) is 0 Å². The van der Waals surface area contributed by atoms with Crippen molar-refractivity contribution in [2.24, 2.45) is 0 Å². The summed E-state index contributed by atoms with van der Waals surface area (Å²) in [4.78, 5) is 17.6. The number of benzene rings is 2. The molecule has 0 fully saturated rings. The highest BCUT2D eigenvalue weighted by Crippen LogP contribution is 2.48. The second-order valence-electron chi connectivity index (χ2n) is 16.7. The summed E-state index contributed by atoms with van der Waals surface area (Å²) in [7, 11) is -2.21. The van der Waals surface area contributed by atoms with Gasteiger partial charge in [-0.05, 0) is 95.6 Å². The number of carbonyl (C=O) groups excluding carboxylic acids is 1.